The van der Waals surface area contributed by atoms with Gasteiger partial charge in [-0.25, -0.2) is 4.79 Å². The number of carbonyl (C=O) groups excluding carboxylic acids is 4. The summed E-state index contributed by atoms with van der Waals surface area (Å²) in [7, 11) is 0. The van der Waals surface area contributed by atoms with Crippen LogP contribution in [0.2, 0.25) is 0 Å². The molecule has 3 amide bonds. The fourth-order valence-electron chi connectivity index (χ4n) is 3.12. The van der Waals surface area contributed by atoms with Gasteiger partial charge in [0, 0.05) is 24.7 Å². The van der Waals surface area contributed by atoms with Crippen LogP contribution >= 0.6 is 0 Å². The number of ether oxygens (including phenoxy) is 1. The van der Waals surface area contributed by atoms with Crippen LogP contribution < -0.4 is 5.32 Å². The van der Waals surface area contributed by atoms with Gasteiger partial charge in [0.1, 0.15) is 5.56 Å². The first-order valence-electron chi connectivity index (χ1n) is 9.89. The number of nitro benzene ring substituents is 1. The predicted molar refractivity (Wildman–Crippen MR) is 113 cm³/mol. The highest BCUT2D eigenvalue weighted by Gasteiger charge is 2.40. The van der Waals surface area contributed by atoms with Crippen molar-refractivity contribution in [3.8, 4) is 0 Å². The Kier molecular flexibility index (Phi) is 6.62. The molecule has 0 fully saturated rings. The van der Waals surface area contributed by atoms with E-state index in [1.807, 2.05) is 13.8 Å². The molecule has 0 aromatic heterocycles. The number of nitrogens with one attached hydrogen (secondary N) is 1. The lowest BCUT2D eigenvalue weighted by molar-refractivity contribution is -0.385. The average Bonchev–Trinajstić information content (AvgIpc) is 3.00. The largest absolute Gasteiger partial charge is 0.462 e. The fourth-order valence-corrected chi connectivity index (χ4v) is 3.12. The molecule has 3 rings (SSSR count). The molecular weight excluding hydrogens is 418 g/mol. The van der Waals surface area contributed by atoms with E-state index in [0.717, 1.165) is 11.0 Å². The highest BCUT2D eigenvalue weighted by atomic mass is 16.6. The van der Waals surface area contributed by atoms with Crippen molar-refractivity contribution in [2.45, 2.75) is 20.3 Å². The fraction of sp³-hybridized carbons (Fsp3) is 0.273. The van der Waals surface area contributed by atoms with E-state index >= 15 is 0 Å². The van der Waals surface area contributed by atoms with E-state index in [1.54, 1.807) is 0 Å². The Morgan fingerprint density at radius 2 is 1.78 bits per heavy atom. The first-order chi connectivity index (χ1) is 15.2. The zero-order chi connectivity index (χ0) is 23.4. The number of hydrogen-bond donors (Lipinski definition) is 1. The highest BCUT2D eigenvalue weighted by molar-refractivity contribution is 6.23. The monoisotopic (exact) mass is 439 g/mol. The number of benzene rings is 2. The zero-order valence-corrected chi connectivity index (χ0v) is 17.5. The lowest BCUT2D eigenvalue weighted by atomic mass is 10.1. The standard InChI is InChI=1S/C22H21N3O7/c1-13(2)12-32-22(29)14-6-8-15(9-7-14)23-18(26)10-11-24-20(27)16-4-3-5-17(25(30)31)19(16)21(24)28/h3-9,13H,10-12H2,1-2H3,(H,23,26). The zero-order valence-electron chi connectivity index (χ0n) is 17.5. The van der Waals surface area contributed by atoms with Gasteiger partial charge < -0.3 is 10.1 Å². The van der Waals surface area contributed by atoms with Gasteiger partial charge in [-0.15, -0.1) is 0 Å². The second kappa shape index (κ2) is 9.38. The Balaban J connectivity index is 1.58. The van der Waals surface area contributed by atoms with Crippen LogP contribution in [0.5, 0.6) is 0 Å². The molecule has 2 aromatic carbocycles. The summed E-state index contributed by atoms with van der Waals surface area (Å²) in [6.07, 6.45) is -0.197. The van der Waals surface area contributed by atoms with E-state index in [0.29, 0.717) is 17.9 Å². The van der Waals surface area contributed by atoms with Crippen LogP contribution in [0, 0.1) is 16.0 Å². The molecule has 0 saturated carbocycles. The number of nitrogens with zero attached hydrogens (tertiary/aromatic N) is 2. The number of anilines is 1. The quantitative estimate of drug-likeness (QED) is 0.289. The molecule has 32 heavy (non-hydrogen) atoms. The Morgan fingerprint density at radius 1 is 1.09 bits per heavy atom. The van der Waals surface area contributed by atoms with E-state index in [2.05, 4.69) is 5.32 Å². The maximum Gasteiger partial charge on any atom is 0.338 e. The molecule has 1 aliphatic rings. The molecule has 0 radical (unpaired) electrons. The van der Waals surface area contributed by atoms with Crippen molar-refractivity contribution in [2.75, 3.05) is 18.5 Å². The molecule has 0 saturated heterocycles. The van der Waals surface area contributed by atoms with Gasteiger partial charge in [-0.3, -0.25) is 29.4 Å². The Hall–Kier alpha value is -4.08. The third-order valence-electron chi connectivity index (χ3n) is 4.69. The SMILES string of the molecule is CC(C)COC(=O)c1ccc(NC(=O)CCN2C(=O)c3cccc([N+](=O)[O-])c3C2=O)cc1. The molecular formula is C22H21N3O7. The summed E-state index contributed by atoms with van der Waals surface area (Å²) < 4.78 is 5.14. The first-order valence-corrected chi connectivity index (χ1v) is 9.89. The van der Waals surface area contributed by atoms with Gasteiger partial charge in [0.25, 0.3) is 17.5 Å². The average molecular weight is 439 g/mol. The molecule has 10 heteroatoms. The molecule has 1 N–H and O–H groups in total. The minimum Gasteiger partial charge on any atom is -0.462 e. The van der Waals surface area contributed by atoms with Crippen LogP contribution in [0.1, 0.15) is 51.3 Å². The van der Waals surface area contributed by atoms with Gasteiger partial charge in [0.15, 0.2) is 0 Å². The molecule has 10 nitrogen and oxygen atoms in total. The van der Waals surface area contributed by atoms with Crippen molar-refractivity contribution in [3.05, 3.63) is 69.3 Å². The summed E-state index contributed by atoms with van der Waals surface area (Å²) >= 11 is 0. The van der Waals surface area contributed by atoms with E-state index in [-0.39, 0.29) is 30.0 Å². The van der Waals surface area contributed by atoms with Crippen LogP contribution in [0.15, 0.2) is 42.5 Å². The van der Waals surface area contributed by atoms with Gasteiger partial charge in [-0.1, -0.05) is 19.9 Å². The van der Waals surface area contributed by atoms with Crippen LogP contribution in [0.4, 0.5) is 11.4 Å². The summed E-state index contributed by atoms with van der Waals surface area (Å²) in [5.74, 6) is -2.19. The van der Waals surface area contributed by atoms with Crippen molar-refractivity contribution in [2.24, 2.45) is 5.92 Å². The summed E-state index contributed by atoms with van der Waals surface area (Å²) in [6.45, 7) is 3.93. The van der Waals surface area contributed by atoms with Crippen LogP contribution in [0.25, 0.3) is 0 Å². The smallest absolute Gasteiger partial charge is 0.338 e. The number of hydrogen-bond acceptors (Lipinski definition) is 7. The number of imide groups is 1. The minimum atomic E-state index is -0.797. The van der Waals surface area contributed by atoms with E-state index in [1.165, 1.54) is 36.4 Å². The summed E-state index contributed by atoms with van der Waals surface area (Å²) in [5.41, 5.74) is 0.0110. The molecule has 0 spiro atoms. The minimum absolute atomic E-state index is 0.0513. The molecule has 0 bridgehead atoms. The number of nitro groups is 1. The second-order valence-corrected chi connectivity index (χ2v) is 7.59. The van der Waals surface area contributed by atoms with Gasteiger partial charge in [0.05, 0.1) is 22.7 Å². The van der Waals surface area contributed by atoms with Crippen LogP contribution in [-0.2, 0) is 9.53 Å². The summed E-state index contributed by atoms with van der Waals surface area (Å²) in [5, 5.41) is 13.8. The maximum atomic E-state index is 12.5. The Bertz CT molecular complexity index is 1090. The number of esters is 1. The summed E-state index contributed by atoms with van der Waals surface area (Å²) in [4.78, 5) is 60.4. The lowest BCUT2D eigenvalue weighted by Crippen LogP contribution is -2.33. The van der Waals surface area contributed by atoms with Crippen molar-refractivity contribution in [1.82, 2.24) is 4.90 Å². The van der Waals surface area contributed by atoms with E-state index in [9.17, 15) is 29.3 Å². The number of carbonyl (C=O) groups is 4. The van der Waals surface area contributed by atoms with Crippen molar-refractivity contribution in [3.63, 3.8) is 0 Å². The number of rotatable bonds is 8. The molecule has 0 unspecified atom stereocenters. The number of amides is 3. The number of fused-ring (bicyclic) bond motifs is 1. The normalized spacial score (nSPS) is 12.7. The first kappa shape index (κ1) is 22.6. The maximum absolute atomic E-state index is 12.5. The molecule has 0 aliphatic carbocycles. The molecule has 1 aliphatic heterocycles. The second-order valence-electron chi connectivity index (χ2n) is 7.59. The molecule has 166 valence electrons. The predicted octanol–water partition coefficient (Wildman–Crippen LogP) is 3.03. The lowest BCUT2D eigenvalue weighted by Gasteiger charge is -2.13. The Morgan fingerprint density at radius 3 is 2.41 bits per heavy atom. The summed E-state index contributed by atoms with van der Waals surface area (Å²) in [6, 6.07) is 9.94. The topological polar surface area (TPSA) is 136 Å². The van der Waals surface area contributed by atoms with Crippen molar-refractivity contribution >= 4 is 35.1 Å². The van der Waals surface area contributed by atoms with Gasteiger partial charge in [-0.05, 0) is 36.2 Å². The van der Waals surface area contributed by atoms with Gasteiger partial charge in [0.2, 0.25) is 5.91 Å². The van der Waals surface area contributed by atoms with Crippen LogP contribution in [0.3, 0.4) is 0 Å². The van der Waals surface area contributed by atoms with Crippen molar-refractivity contribution < 1.29 is 28.8 Å². The Labute approximate surface area is 183 Å². The van der Waals surface area contributed by atoms with Crippen molar-refractivity contribution in [1.29, 1.82) is 0 Å². The third kappa shape index (κ3) is 4.80. The van der Waals surface area contributed by atoms with Gasteiger partial charge in [-0.2, -0.15) is 0 Å². The van der Waals surface area contributed by atoms with Gasteiger partial charge >= 0.3 is 5.97 Å². The van der Waals surface area contributed by atoms with Crippen LogP contribution in [-0.4, -0.2) is 46.7 Å². The van der Waals surface area contributed by atoms with E-state index in [4.69, 9.17) is 4.74 Å². The molecule has 2 aromatic rings. The molecule has 1 heterocycles. The van der Waals surface area contributed by atoms with E-state index < -0.39 is 34.3 Å². The highest BCUT2D eigenvalue weighted by Crippen LogP contribution is 2.30. The molecule has 0 atom stereocenters. The third-order valence-corrected chi connectivity index (χ3v) is 4.69.